The van der Waals surface area contributed by atoms with E-state index < -0.39 is 23.4 Å². The van der Waals surface area contributed by atoms with Gasteiger partial charge in [-0.25, -0.2) is 4.79 Å². The summed E-state index contributed by atoms with van der Waals surface area (Å²) in [5.41, 5.74) is 2.61. The maximum Gasteiger partial charge on any atom is 0.326 e. The molecular weight excluding hydrogens is 390 g/mol. The normalized spacial score (nSPS) is 18.1. The van der Waals surface area contributed by atoms with E-state index in [1.54, 1.807) is 36.4 Å². The third kappa shape index (κ3) is 3.68. The maximum atomic E-state index is 13.7. The van der Waals surface area contributed by atoms with Gasteiger partial charge in [0.05, 0.1) is 0 Å². The van der Waals surface area contributed by atoms with Crippen LogP contribution in [0.3, 0.4) is 0 Å². The van der Waals surface area contributed by atoms with Crippen LogP contribution in [0.15, 0.2) is 78.9 Å². The molecule has 1 atom stereocenters. The number of nitrogens with zero attached hydrogens (tertiary/aromatic N) is 1. The van der Waals surface area contributed by atoms with Gasteiger partial charge in [0.1, 0.15) is 6.54 Å². The minimum absolute atomic E-state index is 0.376. The number of para-hydroxylation sites is 1. The fourth-order valence-corrected chi connectivity index (χ4v) is 3.81. The van der Waals surface area contributed by atoms with Crippen LogP contribution in [0.1, 0.15) is 22.3 Å². The van der Waals surface area contributed by atoms with Gasteiger partial charge in [0.2, 0.25) is 5.91 Å². The van der Waals surface area contributed by atoms with Crippen LogP contribution in [-0.2, 0) is 15.1 Å². The third-order valence-corrected chi connectivity index (χ3v) is 5.61. The van der Waals surface area contributed by atoms with Gasteiger partial charge in [0.15, 0.2) is 5.54 Å². The molecule has 0 aromatic heterocycles. The van der Waals surface area contributed by atoms with E-state index >= 15 is 0 Å². The lowest BCUT2D eigenvalue weighted by Crippen LogP contribution is -2.45. The van der Waals surface area contributed by atoms with Crippen LogP contribution in [0.5, 0.6) is 0 Å². The highest BCUT2D eigenvalue weighted by Gasteiger charge is 2.54. The molecule has 3 aromatic rings. The summed E-state index contributed by atoms with van der Waals surface area (Å²) in [6.45, 7) is 3.58. The van der Waals surface area contributed by atoms with Crippen molar-refractivity contribution < 1.29 is 14.4 Å². The number of hydrogen-bond donors (Lipinski definition) is 2. The van der Waals surface area contributed by atoms with Crippen molar-refractivity contribution in [3.8, 4) is 0 Å². The Balaban J connectivity index is 1.70. The topological polar surface area (TPSA) is 78.5 Å². The number of aryl methyl sites for hydroxylation is 2. The van der Waals surface area contributed by atoms with E-state index in [0.717, 1.165) is 16.0 Å². The fraction of sp³-hybridized carbons (Fsp3) is 0.160. The number of benzene rings is 3. The lowest BCUT2D eigenvalue weighted by Gasteiger charge is -2.28. The molecule has 4 amide bonds. The molecule has 0 spiro atoms. The summed E-state index contributed by atoms with van der Waals surface area (Å²) in [4.78, 5) is 40.1. The van der Waals surface area contributed by atoms with Crippen LogP contribution >= 0.6 is 0 Å². The molecule has 0 radical (unpaired) electrons. The zero-order valence-electron chi connectivity index (χ0n) is 17.4. The second kappa shape index (κ2) is 8.07. The molecule has 0 unspecified atom stereocenters. The number of amides is 4. The van der Waals surface area contributed by atoms with E-state index in [4.69, 9.17) is 0 Å². The summed E-state index contributed by atoms with van der Waals surface area (Å²) in [6.07, 6.45) is 0. The first-order valence-electron chi connectivity index (χ1n) is 10.0. The molecule has 4 rings (SSSR count). The summed E-state index contributed by atoms with van der Waals surface area (Å²) in [5, 5.41) is 5.59. The molecule has 156 valence electrons. The van der Waals surface area contributed by atoms with Gasteiger partial charge in [-0.05, 0) is 48.2 Å². The minimum atomic E-state index is -1.39. The molecule has 1 heterocycles. The zero-order valence-corrected chi connectivity index (χ0v) is 17.4. The molecule has 1 fully saturated rings. The first-order chi connectivity index (χ1) is 14.9. The highest BCUT2D eigenvalue weighted by Crippen LogP contribution is 2.36. The lowest BCUT2D eigenvalue weighted by molar-refractivity contribution is -0.133. The number of anilines is 1. The second-order valence-electron chi connectivity index (χ2n) is 7.65. The van der Waals surface area contributed by atoms with Crippen LogP contribution in [0.2, 0.25) is 0 Å². The number of urea groups is 1. The second-order valence-corrected chi connectivity index (χ2v) is 7.65. The van der Waals surface area contributed by atoms with Gasteiger partial charge < -0.3 is 10.6 Å². The molecule has 1 saturated heterocycles. The van der Waals surface area contributed by atoms with Crippen LogP contribution in [0, 0.1) is 13.8 Å². The van der Waals surface area contributed by atoms with E-state index in [1.165, 1.54) is 0 Å². The summed E-state index contributed by atoms with van der Waals surface area (Å²) in [7, 11) is 0. The van der Waals surface area contributed by atoms with E-state index in [-0.39, 0.29) is 6.54 Å². The molecular formula is C25H23N3O3. The fourth-order valence-electron chi connectivity index (χ4n) is 3.81. The van der Waals surface area contributed by atoms with Crippen LogP contribution in [-0.4, -0.2) is 29.3 Å². The Labute approximate surface area is 180 Å². The Kier molecular flexibility index (Phi) is 5.29. The van der Waals surface area contributed by atoms with E-state index in [1.807, 2.05) is 56.3 Å². The third-order valence-electron chi connectivity index (χ3n) is 5.61. The summed E-state index contributed by atoms with van der Waals surface area (Å²) < 4.78 is 0. The average Bonchev–Trinajstić information content (AvgIpc) is 3.02. The van der Waals surface area contributed by atoms with Crippen molar-refractivity contribution in [2.45, 2.75) is 19.4 Å². The first-order valence-corrected chi connectivity index (χ1v) is 10.0. The molecule has 0 bridgehead atoms. The number of hydrogen-bond acceptors (Lipinski definition) is 3. The summed E-state index contributed by atoms with van der Waals surface area (Å²) in [6, 6.07) is 23.1. The largest absolute Gasteiger partial charge is 0.326 e. The van der Waals surface area contributed by atoms with Crippen LogP contribution in [0.25, 0.3) is 0 Å². The van der Waals surface area contributed by atoms with Crippen molar-refractivity contribution in [2.75, 3.05) is 11.9 Å². The molecule has 2 N–H and O–H groups in total. The average molecular weight is 413 g/mol. The van der Waals surface area contributed by atoms with Crippen LogP contribution in [0.4, 0.5) is 10.5 Å². The molecule has 1 aliphatic heterocycles. The number of nitrogens with one attached hydrogen (secondary N) is 2. The monoisotopic (exact) mass is 413 g/mol. The Morgan fingerprint density at radius 3 is 2.16 bits per heavy atom. The van der Waals surface area contributed by atoms with Crippen molar-refractivity contribution in [2.24, 2.45) is 0 Å². The van der Waals surface area contributed by atoms with Gasteiger partial charge in [-0.1, -0.05) is 66.7 Å². The lowest BCUT2D eigenvalue weighted by atomic mass is 9.81. The smallest absolute Gasteiger partial charge is 0.325 e. The van der Waals surface area contributed by atoms with E-state index in [9.17, 15) is 14.4 Å². The van der Waals surface area contributed by atoms with Gasteiger partial charge in [-0.2, -0.15) is 0 Å². The van der Waals surface area contributed by atoms with Gasteiger partial charge in [0, 0.05) is 5.69 Å². The molecule has 6 heteroatoms. The molecule has 3 aromatic carbocycles. The van der Waals surface area contributed by atoms with Crippen molar-refractivity contribution in [3.63, 3.8) is 0 Å². The predicted molar refractivity (Wildman–Crippen MR) is 118 cm³/mol. The number of carbonyl (C=O) groups is 3. The van der Waals surface area contributed by atoms with E-state index in [0.29, 0.717) is 16.8 Å². The maximum absolute atomic E-state index is 13.7. The molecule has 1 aliphatic rings. The summed E-state index contributed by atoms with van der Waals surface area (Å²) >= 11 is 0. The standard InChI is InChI=1S/C25H23N3O3/c1-17-13-14-20(15-18(17)2)25(19-9-5-3-6-10-19)23(30)28(24(31)27-25)16-22(29)26-21-11-7-4-8-12-21/h3-15H,16H2,1-2H3,(H,26,29)(H,27,31)/t25-/m1/s1. The number of carbonyl (C=O) groups excluding carboxylic acids is 3. The highest BCUT2D eigenvalue weighted by atomic mass is 16.2. The highest BCUT2D eigenvalue weighted by molar-refractivity contribution is 6.12. The number of imide groups is 1. The van der Waals surface area contributed by atoms with Gasteiger partial charge in [-0.3, -0.25) is 14.5 Å². The van der Waals surface area contributed by atoms with Gasteiger partial charge >= 0.3 is 6.03 Å². The molecule has 0 aliphatic carbocycles. The Hall–Kier alpha value is -3.93. The van der Waals surface area contributed by atoms with E-state index in [2.05, 4.69) is 10.6 Å². The minimum Gasteiger partial charge on any atom is -0.325 e. The van der Waals surface area contributed by atoms with Crippen molar-refractivity contribution >= 4 is 23.5 Å². The molecule has 31 heavy (non-hydrogen) atoms. The Morgan fingerprint density at radius 2 is 1.52 bits per heavy atom. The quantitative estimate of drug-likeness (QED) is 0.626. The van der Waals surface area contributed by atoms with Crippen molar-refractivity contribution in [3.05, 3.63) is 101 Å². The zero-order chi connectivity index (χ0) is 22.0. The molecule has 0 saturated carbocycles. The van der Waals surface area contributed by atoms with Crippen molar-refractivity contribution in [1.29, 1.82) is 0 Å². The van der Waals surface area contributed by atoms with Crippen LogP contribution < -0.4 is 10.6 Å². The van der Waals surface area contributed by atoms with Gasteiger partial charge in [0.25, 0.3) is 5.91 Å². The Morgan fingerprint density at radius 1 is 0.871 bits per heavy atom. The summed E-state index contributed by atoms with van der Waals surface area (Å²) in [5.74, 6) is -0.922. The molecule has 6 nitrogen and oxygen atoms in total. The van der Waals surface area contributed by atoms with Gasteiger partial charge in [-0.15, -0.1) is 0 Å². The number of rotatable bonds is 5. The van der Waals surface area contributed by atoms with Crippen molar-refractivity contribution in [1.82, 2.24) is 10.2 Å². The first kappa shape index (κ1) is 20.3. The Bertz CT molecular complexity index is 1150. The SMILES string of the molecule is Cc1ccc([C@@]2(c3ccccc3)NC(=O)N(CC(=O)Nc3ccccc3)C2=O)cc1C. The predicted octanol–water partition coefficient (Wildman–Crippen LogP) is 3.74.